The van der Waals surface area contributed by atoms with Gasteiger partial charge in [-0.05, 0) is 37.1 Å². The van der Waals surface area contributed by atoms with E-state index in [1.807, 2.05) is 18.4 Å². The number of thiophene rings is 1. The normalized spacial score (nSPS) is 26.5. The Morgan fingerprint density at radius 2 is 2.31 bits per heavy atom. The van der Waals surface area contributed by atoms with E-state index in [9.17, 15) is 13.5 Å². The number of nitrogens with zero attached hydrogens (tertiary/aromatic N) is 2. The van der Waals surface area contributed by atoms with Crippen LogP contribution in [0.5, 0.6) is 0 Å². The van der Waals surface area contributed by atoms with Crippen LogP contribution in [0.2, 0.25) is 0 Å². The fourth-order valence-corrected chi connectivity index (χ4v) is 5.96. The second-order valence-corrected chi connectivity index (χ2v) is 10.4. The Labute approximate surface area is 177 Å². The highest BCUT2D eigenvalue weighted by atomic mass is 127. The van der Waals surface area contributed by atoms with Crippen molar-refractivity contribution in [2.75, 3.05) is 31.1 Å². The van der Waals surface area contributed by atoms with Crippen molar-refractivity contribution in [2.24, 2.45) is 16.8 Å². The van der Waals surface area contributed by atoms with Gasteiger partial charge in [-0.25, -0.2) is 13.4 Å². The molecule has 9 heteroatoms. The van der Waals surface area contributed by atoms with E-state index in [2.05, 4.69) is 16.3 Å². The lowest BCUT2D eigenvalue weighted by Crippen LogP contribution is -2.42. The van der Waals surface area contributed by atoms with Crippen molar-refractivity contribution in [3.8, 4) is 0 Å². The topological polar surface area (TPSA) is 82.0 Å². The molecule has 0 aliphatic carbocycles. The summed E-state index contributed by atoms with van der Waals surface area (Å²) in [6.07, 6.45) is 1.36. The van der Waals surface area contributed by atoms with Crippen LogP contribution in [0.3, 0.4) is 0 Å². The number of hydrogen-bond donors (Lipinski definition) is 2. The molecule has 2 N–H and O–H groups in total. The van der Waals surface area contributed by atoms with Gasteiger partial charge in [0, 0.05) is 30.4 Å². The zero-order valence-corrected chi connectivity index (χ0v) is 19.0. The van der Waals surface area contributed by atoms with Crippen LogP contribution >= 0.6 is 35.3 Å². The molecular weight excluding hydrogens is 485 g/mol. The van der Waals surface area contributed by atoms with E-state index in [4.69, 9.17) is 4.99 Å². The molecule has 2 saturated heterocycles. The number of nitrogens with one attached hydrogen (secondary N) is 1. The molecule has 2 aliphatic rings. The zero-order valence-electron chi connectivity index (χ0n) is 15.0. The van der Waals surface area contributed by atoms with Crippen LogP contribution in [-0.4, -0.2) is 61.6 Å². The lowest BCUT2D eigenvalue weighted by Gasteiger charge is -2.24. The van der Waals surface area contributed by atoms with Gasteiger partial charge in [0.05, 0.1) is 24.2 Å². The molecule has 1 aromatic heterocycles. The minimum absolute atomic E-state index is 0. The van der Waals surface area contributed by atoms with Gasteiger partial charge in [-0.2, -0.15) is 0 Å². The zero-order chi connectivity index (χ0) is 17.9. The molecule has 0 spiro atoms. The van der Waals surface area contributed by atoms with Crippen molar-refractivity contribution in [3.05, 3.63) is 22.4 Å². The molecule has 148 valence electrons. The summed E-state index contributed by atoms with van der Waals surface area (Å²) in [7, 11) is -2.86. The molecule has 0 aromatic carbocycles. The molecule has 6 nitrogen and oxygen atoms in total. The highest BCUT2D eigenvalue weighted by Gasteiger charge is 2.30. The quantitative estimate of drug-likeness (QED) is 0.358. The van der Waals surface area contributed by atoms with Gasteiger partial charge in [0.2, 0.25) is 0 Å². The third-order valence-corrected chi connectivity index (χ3v) is 7.74. The molecule has 2 fully saturated rings. The first-order valence-electron chi connectivity index (χ1n) is 8.87. The van der Waals surface area contributed by atoms with Crippen molar-refractivity contribution in [1.82, 2.24) is 10.2 Å². The molecule has 3 rings (SSSR count). The highest BCUT2D eigenvalue weighted by Crippen LogP contribution is 2.21. The molecule has 1 aromatic rings. The Balaban J connectivity index is 0.00000243. The van der Waals surface area contributed by atoms with E-state index in [1.54, 1.807) is 11.3 Å². The summed E-state index contributed by atoms with van der Waals surface area (Å²) in [5, 5.41) is 15.3. The molecule has 0 saturated carbocycles. The minimum atomic E-state index is -2.86. The number of rotatable bonds is 5. The number of likely N-dealkylation sites (tertiary alicyclic amines) is 1. The largest absolute Gasteiger partial charge is 0.393 e. The summed E-state index contributed by atoms with van der Waals surface area (Å²) in [4.78, 5) is 8.14. The third-order valence-electron chi connectivity index (χ3n) is 5.05. The van der Waals surface area contributed by atoms with Crippen LogP contribution < -0.4 is 5.32 Å². The number of sulfone groups is 1. The van der Waals surface area contributed by atoms with Crippen LogP contribution in [0, 0.1) is 11.8 Å². The maximum absolute atomic E-state index is 11.6. The Hall–Kier alpha value is -0.390. The third kappa shape index (κ3) is 6.07. The fourth-order valence-electron chi connectivity index (χ4n) is 3.47. The average Bonchev–Trinajstić information content (AvgIpc) is 3.28. The maximum Gasteiger partial charge on any atom is 0.194 e. The average molecular weight is 513 g/mol. The second kappa shape index (κ2) is 9.70. The van der Waals surface area contributed by atoms with E-state index in [0.717, 1.165) is 31.9 Å². The summed E-state index contributed by atoms with van der Waals surface area (Å²) >= 11 is 1.68. The van der Waals surface area contributed by atoms with Gasteiger partial charge in [-0.3, -0.25) is 0 Å². The predicted octanol–water partition coefficient (Wildman–Crippen LogP) is 1.95. The van der Waals surface area contributed by atoms with Gasteiger partial charge in [0.25, 0.3) is 0 Å². The Kier molecular flexibility index (Phi) is 8.17. The highest BCUT2D eigenvalue weighted by molar-refractivity contribution is 14.0. The Morgan fingerprint density at radius 3 is 2.88 bits per heavy atom. The van der Waals surface area contributed by atoms with Crippen LogP contribution in [0.25, 0.3) is 0 Å². The standard InChI is InChI=1S/C17H27N3O3S2.HI/c1-13(21)15-4-6-20(11-15)17(19-10-16-3-2-7-24-16)18-9-14-5-8-25(22,23)12-14;/h2-3,7,13-15,21H,4-6,8-12H2,1H3,(H,18,19);1H. The van der Waals surface area contributed by atoms with Gasteiger partial charge >= 0.3 is 0 Å². The first kappa shape index (κ1) is 21.9. The number of aliphatic hydroxyl groups is 1. The molecule has 3 atom stereocenters. The van der Waals surface area contributed by atoms with Crippen LogP contribution in [0.1, 0.15) is 24.6 Å². The number of aliphatic hydroxyl groups excluding tert-OH is 1. The lowest BCUT2D eigenvalue weighted by molar-refractivity contribution is 0.132. The van der Waals surface area contributed by atoms with Crippen LogP contribution in [-0.2, 0) is 16.4 Å². The van der Waals surface area contributed by atoms with Gasteiger partial charge < -0.3 is 15.3 Å². The summed E-state index contributed by atoms with van der Waals surface area (Å²) in [5.74, 6) is 1.83. The van der Waals surface area contributed by atoms with Crippen molar-refractivity contribution in [3.63, 3.8) is 0 Å². The summed E-state index contributed by atoms with van der Waals surface area (Å²) in [5.41, 5.74) is 0. The summed E-state index contributed by atoms with van der Waals surface area (Å²) in [6.45, 7) is 4.76. The number of guanidine groups is 1. The predicted molar refractivity (Wildman–Crippen MR) is 117 cm³/mol. The van der Waals surface area contributed by atoms with Gasteiger partial charge in [0.15, 0.2) is 15.8 Å². The molecule has 2 aliphatic heterocycles. The molecule has 0 amide bonds. The van der Waals surface area contributed by atoms with Crippen molar-refractivity contribution in [2.45, 2.75) is 32.4 Å². The molecule has 3 unspecified atom stereocenters. The number of aliphatic imine (C=N–C) groups is 1. The van der Waals surface area contributed by atoms with E-state index in [1.165, 1.54) is 4.88 Å². The minimum Gasteiger partial charge on any atom is -0.393 e. The van der Waals surface area contributed by atoms with E-state index in [0.29, 0.717) is 18.8 Å². The molecular formula is C17H28IN3O3S2. The molecule has 0 radical (unpaired) electrons. The maximum atomic E-state index is 11.6. The first-order chi connectivity index (χ1) is 11.9. The summed E-state index contributed by atoms with van der Waals surface area (Å²) in [6, 6.07) is 4.09. The van der Waals surface area contributed by atoms with Gasteiger partial charge in [-0.1, -0.05) is 6.07 Å². The lowest BCUT2D eigenvalue weighted by atomic mass is 10.0. The molecule has 3 heterocycles. The van der Waals surface area contributed by atoms with Crippen molar-refractivity contribution >= 4 is 51.1 Å². The number of halogens is 1. The SMILES string of the molecule is CC(O)C1CCN(C(=NCc2cccs2)NCC2CCS(=O)(=O)C2)C1.I. The van der Waals surface area contributed by atoms with E-state index in [-0.39, 0.29) is 47.7 Å². The molecule has 0 bridgehead atoms. The van der Waals surface area contributed by atoms with Gasteiger partial charge in [-0.15, -0.1) is 35.3 Å². The number of hydrogen-bond acceptors (Lipinski definition) is 5. The van der Waals surface area contributed by atoms with Crippen molar-refractivity contribution < 1.29 is 13.5 Å². The van der Waals surface area contributed by atoms with E-state index >= 15 is 0 Å². The fraction of sp³-hybridized carbons (Fsp3) is 0.706. The van der Waals surface area contributed by atoms with Crippen LogP contribution in [0.4, 0.5) is 0 Å². The monoisotopic (exact) mass is 513 g/mol. The van der Waals surface area contributed by atoms with Crippen LogP contribution in [0.15, 0.2) is 22.5 Å². The van der Waals surface area contributed by atoms with Crippen molar-refractivity contribution in [1.29, 1.82) is 0 Å². The van der Waals surface area contributed by atoms with Gasteiger partial charge in [0.1, 0.15) is 0 Å². The Bertz CT molecular complexity index is 692. The Morgan fingerprint density at radius 1 is 1.50 bits per heavy atom. The second-order valence-electron chi connectivity index (χ2n) is 7.10. The smallest absolute Gasteiger partial charge is 0.194 e. The first-order valence-corrected chi connectivity index (χ1v) is 11.6. The van der Waals surface area contributed by atoms with E-state index < -0.39 is 9.84 Å². The summed E-state index contributed by atoms with van der Waals surface area (Å²) < 4.78 is 23.3. The molecule has 26 heavy (non-hydrogen) atoms.